The molecule has 1 saturated heterocycles. The van der Waals surface area contributed by atoms with Crippen LogP contribution >= 0.6 is 0 Å². The molecule has 0 spiro atoms. The zero-order chi connectivity index (χ0) is 17.8. The van der Waals surface area contributed by atoms with E-state index in [2.05, 4.69) is 25.3 Å². The molecule has 134 valence electrons. The van der Waals surface area contributed by atoms with Crippen molar-refractivity contribution in [3.63, 3.8) is 0 Å². The van der Waals surface area contributed by atoms with E-state index in [4.69, 9.17) is 4.74 Å². The summed E-state index contributed by atoms with van der Waals surface area (Å²) in [5.41, 5.74) is 2.05. The summed E-state index contributed by atoms with van der Waals surface area (Å²) in [4.78, 5) is 22.9. The number of ether oxygens (including phenoxy) is 1. The summed E-state index contributed by atoms with van der Waals surface area (Å²) in [7, 11) is 1.59. The van der Waals surface area contributed by atoms with Crippen molar-refractivity contribution in [2.24, 2.45) is 0 Å². The van der Waals surface area contributed by atoms with Crippen LogP contribution in [0.2, 0.25) is 0 Å². The molecule has 1 atom stereocenters. The average molecular weight is 344 g/mol. The lowest BCUT2D eigenvalue weighted by atomic mass is 10.2. The molecule has 0 saturated carbocycles. The van der Waals surface area contributed by atoms with Crippen LogP contribution in [0, 0.1) is 13.8 Å². The molecule has 0 radical (unpaired) electrons. The lowest BCUT2D eigenvalue weighted by Gasteiger charge is -2.19. The standard InChI is InChI=1S/C17H24N6O2/c1-12-10-13(2)23(21-12)9-5-15(24)20-14-4-8-22(11-14)16-17(25-3)19-7-6-18-16/h6-7,10,14H,4-5,8-9,11H2,1-3H3,(H,20,24)/t14-/m0/s1. The number of anilines is 1. The number of nitrogens with zero attached hydrogens (tertiary/aromatic N) is 5. The van der Waals surface area contributed by atoms with E-state index in [9.17, 15) is 4.79 Å². The summed E-state index contributed by atoms with van der Waals surface area (Å²) in [5, 5.41) is 7.49. The van der Waals surface area contributed by atoms with Crippen molar-refractivity contribution in [3.05, 3.63) is 29.8 Å². The lowest BCUT2D eigenvalue weighted by Crippen LogP contribution is -2.37. The van der Waals surface area contributed by atoms with Gasteiger partial charge in [-0.1, -0.05) is 0 Å². The van der Waals surface area contributed by atoms with Gasteiger partial charge in [-0.2, -0.15) is 5.10 Å². The van der Waals surface area contributed by atoms with Gasteiger partial charge in [0.1, 0.15) is 0 Å². The molecule has 8 heteroatoms. The summed E-state index contributed by atoms with van der Waals surface area (Å²) in [6.07, 6.45) is 4.56. The van der Waals surface area contributed by atoms with Gasteiger partial charge < -0.3 is 15.0 Å². The molecule has 0 aliphatic carbocycles. The Morgan fingerprint density at radius 1 is 1.36 bits per heavy atom. The minimum atomic E-state index is 0.0468. The van der Waals surface area contributed by atoms with Crippen molar-refractivity contribution in [1.82, 2.24) is 25.1 Å². The van der Waals surface area contributed by atoms with Crippen molar-refractivity contribution in [2.45, 2.75) is 39.3 Å². The third kappa shape index (κ3) is 4.07. The van der Waals surface area contributed by atoms with Gasteiger partial charge in [0.25, 0.3) is 5.88 Å². The van der Waals surface area contributed by atoms with Gasteiger partial charge in [-0.25, -0.2) is 9.97 Å². The largest absolute Gasteiger partial charge is 0.478 e. The van der Waals surface area contributed by atoms with Crippen LogP contribution in [0.25, 0.3) is 0 Å². The van der Waals surface area contributed by atoms with E-state index in [1.807, 2.05) is 24.6 Å². The molecule has 8 nitrogen and oxygen atoms in total. The normalized spacial score (nSPS) is 16.9. The summed E-state index contributed by atoms with van der Waals surface area (Å²) >= 11 is 0. The third-order valence-electron chi connectivity index (χ3n) is 4.35. The predicted octanol–water partition coefficient (Wildman–Crippen LogP) is 1.08. The van der Waals surface area contributed by atoms with Gasteiger partial charge >= 0.3 is 0 Å². The van der Waals surface area contributed by atoms with Crippen LogP contribution in [0.3, 0.4) is 0 Å². The zero-order valence-electron chi connectivity index (χ0n) is 14.9. The van der Waals surface area contributed by atoms with Crippen molar-refractivity contribution in [2.75, 3.05) is 25.1 Å². The average Bonchev–Trinajstić information content (AvgIpc) is 3.19. The Hall–Kier alpha value is -2.64. The summed E-state index contributed by atoms with van der Waals surface area (Å²) in [6.45, 7) is 6.08. The molecule has 1 fully saturated rings. The van der Waals surface area contributed by atoms with E-state index < -0.39 is 0 Å². The molecular formula is C17H24N6O2. The fourth-order valence-electron chi connectivity index (χ4n) is 3.16. The van der Waals surface area contributed by atoms with Gasteiger partial charge in [0.15, 0.2) is 5.82 Å². The Labute approximate surface area is 147 Å². The number of amides is 1. The Balaban J connectivity index is 1.51. The number of aryl methyl sites for hydroxylation is 3. The number of carbonyl (C=O) groups is 1. The van der Waals surface area contributed by atoms with Crippen LogP contribution in [-0.4, -0.2) is 51.9 Å². The highest BCUT2D eigenvalue weighted by Gasteiger charge is 2.27. The first-order valence-electron chi connectivity index (χ1n) is 8.47. The second-order valence-electron chi connectivity index (χ2n) is 6.29. The maximum absolute atomic E-state index is 12.2. The molecule has 2 aromatic rings. The first-order chi connectivity index (χ1) is 12.1. The summed E-state index contributed by atoms with van der Waals surface area (Å²) < 4.78 is 7.14. The Bertz CT molecular complexity index is 744. The minimum absolute atomic E-state index is 0.0468. The second-order valence-corrected chi connectivity index (χ2v) is 6.29. The molecule has 3 rings (SSSR count). The van der Waals surface area contributed by atoms with Crippen LogP contribution < -0.4 is 15.0 Å². The number of nitrogens with one attached hydrogen (secondary N) is 1. The SMILES string of the molecule is COc1nccnc1N1CC[C@H](NC(=O)CCn2nc(C)cc2C)C1. The first-order valence-corrected chi connectivity index (χ1v) is 8.47. The molecule has 25 heavy (non-hydrogen) atoms. The smallest absolute Gasteiger partial charge is 0.257 e. The molecule has 3 heterocycles. The van der Waals surface area contributed by atoms with Gasteiger partial charge in [0.2, 0.25) is 5.91 Å². The maximum atomic E-state index is 12.2. The van der Waals surface area contributed by atoms with E-state index in [1.54, 1.807) is 19.5 Å². The van der Waals surface area contributed by atoms with Crippen molar-refractivity contribution in [1.29, 1.82) is 0 Å². The monoisotopic (exact) mass is 344 g/mol. The number of carbonyl (C=O) groups excluding carboxylic acids is 1. The van der Waals surface area contributed by atoms with Gasteiger partial charge in [-0.15, -0.1) is 0 Å². The van der Waals surface area contributed by atoms with Gasteiger partial charge in [0, 0.05) is 50.2 Å². The maximum Gasteiger partial charge on any atom is 0.257 e. The highest BCUT2D eigenvalue weighted by atomic mass is 16.5. The van der Waals surface area contributed by atoms with Crippen molar-refractivity contribution in [3.8, 4) is 5.88 Å². The fraction of sp³-hybridized carbons (Fsp3) is 0.529. The predicted molar refractivity (Wildman–Crippen MR) is 93.7 cm³/mol. The van der Waals surface area contributed by atoms with Crippen molar-refractivity contribution >= 4 is 11.7 Å². The molecule has 1 amide bonds. The summed E-state index contributed by atoms with van der Waals surface area (Å²) in [5.74, 6) is 1.29. The lowest BCUT2D eigenvalue weighted by molar-refractivity contribution is -0.121. The van der Waals surface area contributed by atoms with Gasteiger partial charge in [-0.3, -0.25) is 9.48 Å². The Morgan fingerprint density at radius 3 is 2.88 bits per heavy atom. The summed E-state index contributed by atoms with van der Waals surface area (Å²) in [6, 6.07) is 2.13. The molecule has 1 aliphatic rings. The topological polar surface area (TPSA) is 85.2 Å². The molecule has 2 aromatic heterocycles. The van der Waals surface area contributed by atoms with Crippen LogP contribution in [-0.2, 0) is 11.3 Å². The highest BCUT2D eigenvalue weighted by Crippen LogP contribution is 2.25. The molecule has 0 unspecified atom stereocenters. The minimum Gasteiger partial charge on any atom is -0.478 e. The Morgan fingerprint density at radius 2 is 2.16 bits per heavy atom. The third-order valence-corrected chi connectivity index (χ3v) is 4.35. The number of methoxy groups -OCH3 is 1. The van der Waals surface area contributed by atoms with E-state index >= 15 is 0 Å². The van der Waals surface area contributed by atoms with E-state index in [0.29, 0.717) is 25.4 Å². The quantitative estimate of drug-likeness (QED) is 0.844. The first kappa shape index (κ1) is 17.2. The van der Waals surface area contributed by atoms with Crippen LogP contribution in [0.15, 0.2) is 18.5 Å². The number of rotatable bonds is 6. The molecular weight excluding hydrogens is 320 g/mol. The molecule has 0 bridgehead atoms. The zero-order valence-corrected chi connectivity index (χ0v) is 14.9. The fourth-order valence-corrected chi connectivity index (χ4v) is 3.16. The van der Waals surface area contributed by atoms with Gasteiger partial charge in [-0.05, 0) is 26.3 Å². The second kappa shape index (κ2) is 7.50. The number of aromatic nitrogens is 4. The van der Waals surface area contributed by atoms with Crippen LogP contribution in [0.4, 0.5) is 5.82 Å². The van der Waals surface area contributed by atoms with Crippen LogP contribution in [0.5, 0.6) is 5.88 Å². The van der Waals surface area contributed by atoms with Crippen LogP contribution in [0.1, 0.15) is 24.2 Å². The van der Waals surface area contributed by atoms with E-state index in [-0.39, 0.29) is 11.9 Å². The van der Waals surface area contributed by atoms with Gasteiger partial charge in [0.05, 0.1) is 12.8 Å². The van der Waals surface area contributed by atoms with E-state index in [0.717, 1.165) is 30.2 Å². The number of hydrogen-bond acceptors (Lipinski definition) is 6. The highest BCUT2D eigenvalue weighted by molar-refractivity contribution is 5.76. The van der Waals surface area contributed by atoms with Crippen molar-refractivity contribution < 1.29 is 9.53 Å². The van der Waals surface area contributed by atoms with E-state index in [1.165, 1.54) is 0 Å². The molecule has 1 aliphatic heterocycles. The Kier molecular flexibility index (Phi) is 5.16. The molecule has 1 N–H and O–H groups in total. The molecule has 0 aromatic carbocycles. The number of hydrogen-bond donors (Lipinski definition) is 1.